The van der Waals surface area contributed by atoms with Gasteiger partial charge in [-0.2, -0.15) is 0 Å². The Hall–Kier alpha value is -1.59. The second kappa shape index (κ2) is 10.2. The Balaban J connectivity index is 0.00000400. The second-order valence-electron chi connectivity index (χ2n) is 4.71. The lowest BCUT2D eigenvalue weighted by Crippen LogP contribution is -2.37. The van der Waals surface area contributed by atoms with E-state index in [0.717, 1.165) is 5.56 Å². The number of carbonyl (C=O) groups is 2. The summed E-state index contributed by atoms with van der Waals surface area (Å²) in [6.45, 7) is 2.43. The highest BCUT2D eigenvalue weighted by molar-refractivity contribution is 5.85. The maximum atomic E-state index is 12.1. The minimum Gasteiger partial charge on any atom is -0.469 e. The molecule has 2 unspecified atom stereocenters. The number of carbonyl (C=O) groups excluding carboxylic acids is 2. The van der Waals surface area contributed by atoms with E-state index in [2.05, 4.69) is 15.4 Å². The number of esters is 1. The summed E-state index contributed by atoms with van der Waals surface area (Å²) in [4.78, 5) is 23.6. The number of ether oxygens (including phenoxy) is 1. The molecule has 0 aromatic heterocycles. The van der Waals surface area contributed by atoms with Crippen LogP contribution in [0.3, 0.4) is 0 Å². The van der Waals surface area contributed by atoms with Crippen LogP contribution in [0.15, 0.2) is 30.3 Å². The molecular formula is C15H23ClN2O3. The molecule has 0 saturated heterocycles. The van der Waals surface area contributed by atoms with E-state index in [9.17, 15) is 9.59 Å². The van der Waals surface area contributed by atoms with Gasteiger partial charge in [-0.1, -0.05) is 37.3 Å². The van der Waals surface area contributed by atoms with Crippen molar-refractivity contribution in [3.05, 3.63) is 35.9 Å². The minimum absolute atomic E-state index is 0. The van der Waals surface area contributed by atoms with Crippen LogP contribution in [-0.4, -0.2) is 32.6 Å². The molecule has 0 aliphatic carbocycles. The van der Waals surface area contributed by atoms with Gasteiger partial charge in [0.1, 0.15) is 0 Å². The molecule has 1 aromatic carbocycles. The molecule has 118 valence electrons. The normalized spacial score (nSPS) is 12.7. The summed E-state index contributed by atoms with van der Waals surface area (Å²) in [6.07, 6.45) is 0.124. The van der Waals surface area contributed by atoms with Crippen molar-refractivity contribution in [3.8, 4) is 0 Å². The topological polar surface area (TPSA) is 67.4 Å². The van der Waals surface area contributed by atoms with Crippen LogP contribution in [0.1, 0.15) is 24.9 Å². The Kier molecular flexibility index (Phi) is 9.41. The third-order valence-corrected chi connectivity index (χ3v) is 3.07. The zero-order valence-electron chi connectivity index (χ0n) is 12.6. The van der Waals surface area contributed by atoms with Crippen molar-refractivity contribution in [1.29, 1.82) is 0 Å². The van der Waals surface area contributed by atoms with Crippen LogP contribution < -0.4 is 10.6 Å². The van der Waals surface area contributed by atoms with Crippen LogP contribution in [-0.2, 0) is 14.3 Å². The average molecular weight is 315 g/mol. The summed E-state index contributed by atoms with van der Waals surface area (Å²) in [5.74, 6) is -0.596. The van der Waals surface area contributed by atoms with Gasteiger partial charge in [0, 0.05) is 12.5 Å². The summed E-state index contributed by atoms with van der Waals surface area (Å²) in [6, 6.07) is 9.05. The standard InChI is InChI=1S/C15H22N2O3.ClH/c1-11(10-16-2)15(19)17-13(9-14(18)20-3)12-7-5-4-6-8-12;/h4-8,11,13,16H,9-10H2,1-3H3,(H,17,19);1H. The number of benzene rings is 1. The SMILES string of the molecule is CNCC(C)C(=O)NC(CC(=O)OC)c1ccccc1.Cl. The molecule has 1 amide bonds. The van der Waals surface area contributed by atoms with E-state index in [1.807, 2.05) is 37.3 Å². The largest absolute Gasteiger partial charge is 0.469 e. The Morgan fingerprint density at radius 2 is 1.86 bits per heavy atom. The number of halogens is 1. The predicted octanol–water partition coefficient (Wildman–Crippen LogP) is 1.68. The van der Waals surface area contributed by atoms with Crippen molar-refractivity contribution in [1.82, 2.24) is 10.6 Å². The third kappa shape index (κ3) is 6.60. The number of nitrogens with one attached hydrogen (secondary N) is 2. The van der Waals surface area contributed by atoms with Gasteiger partial charge in [-0.15, -0.1) is 12.4 Å². The molecule has 21 heavy (non-hydrogen) atoms. The maximum absolute atomic E-state index is 12.1. The average Bonchev–Trinajstić information content (AvgIpc) is 2.47. The number of hydrogen-bond acceptors (Lipinski definition) is 4. The number of rotatable bonds is 7. The van der Waals surface area contributed by atoms with E-state index in [1.165, 1.54) is 7.11 Å². The van der Waals surface area contributed by atoms with E-state index in [-0.39, 0.29) is 42.7 Å². The van der Waals surface area contributed by atoms with Crippen LogP contribution in [0.5, 0.6) is 0 Å². The smallest absolute Gasteiger partial charge is 0.307 e. The summed E-state index contributed by atoms with van der Waals surface area (Å²) >= 11 is 0. The quantitative estimate of drug-likeness (QED) is 0.752. The van der Waals surface area contributed by atoms with E-state index in [1.54, 1.807) is 7.05 Å². The first-order valence-electron chi connectivity index (χ1n) is 6.65. The molecule has 0 fully saturated rings. The molecule has 6 heteroatoms. The molecule has 0 aliphatic heterocycles. The van der Waals surface area contributed by atoms with E-state index in [4.69, 9.17) is 0 Å². The minimum atomic E-state index is -0.365. The Morgan fingerprint density at radius 1 is 1.24 bits per heavy atom. The summed E-state index contributed by atoms with van der Waals surface area (Å²) in [5.41, 5.74) is 0.892. The molecule has 0 heterocycles. The van der Waals surface area contributed by atoms with Gasteiger partial charge in [0.2, 0.25) is 5.91 Å². The molecular weight excluding hydrogens is 292 g/mol. The third-order valence-electron chi connectivity index (χ3n) is 3.07. The highest BCUT2D eigenvalue weighted by Crippen LogP contribution is 2.17. The van der Waals surface area contributed by atoms with Crippen LogP contribution in [0.2, 0.25) is 0 Å². The number of methoxy groups -OCH3 is 1. The fourth-order valence-corrected chi connectivity index (χ4v) is 1.90. The number of hydrogen-bond donors (Lipinski definition) is 2. The monoisotopic (exact) mass is 314 g/mol. The van der Waals surface area contributed by atoms with Gasteiger partial charge < -0.3 is 15.4 Å². The van der Waals surface area contributed by atoms with Gasteiger partial charge in [0.25, 0.3) is 0 Å². The zero-order chi connectivity index (χ0) is 15.0. The van der Waals surface area contributed by atoms with Crippen LogP contribution in [0, 0.1) is 5.92 Å². The van der Waals surface area contributed by atoms with Crippen LogP contribution in [0.25, 0.3) is 0 Å². The van der Waals surface area contributed by atoms with E-state index >= 15 is 0 Å². The van der Waals surface area contributed by atoms with E-state index < -0.39 is 0 Å². The van der Waals surface area contributed by atoms with Crippen molar-refractivity contribution >= 4 is 24.3 Å². The molecule has 1 rings (SSSR count). The van der Waals surface area contributed by atoms with E-state index in [0.29, 0.717) is 6.54 Å². The maximum Gasteiger partial charge on any atom is 0.307 e. The fraction of sp³-hybridized carbons (Fsp3) is 0.467. The summed E-state index contributed by atoms with van der Waals surface area (Å²) < 4.78 is 4.69. The van der Waals surface area contributed by atoms with Crippen molar-refractivity contribution in [2.24, 2.45) is 5.92 Å². The Morgan fingerprint density at radius 3 is 2.38 bits per heavy atom. The van der Waals surface area contributed by atoms with Crippen molar-refractivity contribution in [2.75, 3.05) is 20.7 Å². The molecule has 5 nitrogen and oxygen atoms in total. The first-order valence-corrected chi connectivity index (χ1v) is 6.65. The molecule has 0 bridgehead atoms. The molecule has 2 atom stereocenters. The van der Waals surface area contributed by atoms with Crippen LogP contribution in [0.4, 0.5) is 0 Å². The Bertz CT molecular complexity index is 440. The highest BCUT2D eigenvalue weighted by Gasteiger charge is 2.21. The van der Waals surface area contributed by atoms with Gasteiger partial charge in [0.15, 0.2) is 0 Å². The Labute approximate surface area is 131 Å². The summed E-state index contributed by atoms with van der Waals surface area (Å²) in [7, 11) is 3.14. The lowest BCUT2D eigenvalue weighted by atomic mass is 10.0. The molecule has 1 aromatic rings. The van der Waals surface area contributed by atoms with Gasteiger partial charge in [-0.25, -0.2) is 0 Å². The molecule has 0 saturated carbocycles. The van der Waals surface area contributed by atoms with Crippen molar-refractivity contribution in [2.45, 2.75) is 19.4 Å². The first kappa shape index (κ1) is 19.4. The van der Waals surface area contributed by atoms with Gasteiger partial charge in [0.05, 0.1) is 19.6 Å². The number of amides is 1. The van der Waals surface area contributed by atoms with Crippen molar-refractivity contribution < 1.29 is 14.3 Å². The zero-order valence-corrected chi connectivity index (χ0v) is 13.4. The van der Waals surface area contributed by atoms with Gasteiger partial charge in [-0.3, -0.25) is 9.59 Å². The lowest BCUT2D eigenvalue weighted by Gasteiger charge is -2.20. The van der Waals surface area contributed by atoms with Crippen LogP contribution >= 0.6 is 12.4 Å². The first-order chi connectivity index (χ1) is 9.58. The molecule has 0 spiro atoms. The van der Waals surface area contributed by atoms with Gasteiger partial charge in [-0.05, 0) is 12.6 Å². The van der Waals surface area contributed by atoms with Gasteiger partial charge >= 0.3 is 5.97 Å². The molecule has 0 aliphatic rings. The fourth-order valence-electron chi connectivity index (χ4n) is 1.90. The highest BCUT2D eigenvalue weighted by atomic mass is 35.5. The van der Waals surface area contributed by atoms with Crippen molar-refractivity contribution in [3.63, 3.8) is 0 Å². The molecule has 0 radical (unpaired) electrons. The predicted molar refractivity (Wildman–Crippen MR) is 84.3 cm³/mol. The summed E-state index contributed by atoms with van der Waals surface area (Å²) in [5, 5.41) is 5.86. The molecule has 2 N–H and O–H groups in total. The lowest BCUT2D eigenvalue weighted by molar-refractivity contribution is -0.141. The second-order valence-corrected chi connectivity index (χ2v) is 4.71.